The molecular formula is C20H28O2. The van der Waals surface area contributed by atoms with Gasteiger partial charge in [0.2, 0.25) is 0 Å². The van der Waals surface area contributed by atoms with E-state index in [4.69, 9.17) is 0 Å². The number of fused-ring (bicyclic) bond motifs is 5. The van der Waals surface area contributed by atoms with Crippen LogP contribution >= 0.6 is 0 Å². The van der Waals surface area contributed by atoms with Gasteiger partial charge in [0.15, 0.2) is 0 Å². The third-order valence-corrected chi connectivity index (χ3v) is 10.5. The van der Waals surface area contributed by atoms with Gasteiger partial charge in [-0.15, -0.1) is 0 Å². The van der Waals surface area contributed by atoms with Crippen molar-refractivity contribution in [2.75, 3.05) is 6.61 Å². The molecule has 0 radical (unpaired) electrons. The third kappa shape index (κ3) is 0.989. The van der Waals surface area contributed by atoms with Gasteiger partial charge < -0.3 is 10.2 Å². The van der Waals surface area contributed by atoms with Crippen molar-refractivity contribution in [1.82, 2.24) is 0 Å². The Balaban J connectivity index is 1.46. The van der Waals surface area contributed by atoms with Crippen molar-refractivity contribution in [3.8, 4) is 0 Å². The van der Waals surface area contributed by atoms with Crippen LogP contribution in [0.3, 0.4) is 0 Å². The van der Waals surface area contributed by atoms with Gasteiger partial charge in [-0.25, -0.2) is 0 Å². The molecule has 13 unspecified atom stereocenters. The van der Waals surface area contributed by atoms with Crippen LogP contribution in [0.4, 0.5) is 0 Å². The molecule has 0 amide bonds. The zero-order valence-corrected chi connectivity index (χ0v) is 13.2. The summed E-state index contributed by atoms with van der Waals surface area (Å²) in [6, 6.07) is 0. The molecule has 0 aromatic carbocycles. The van der Waals surface area contributed by atoms with E-state index in [1.165, 1.54) is 32.1 Å². The molecule has 0 aliphatic heterocycles. The molecule has 0 aromatic heterocycles. The van der Waals surface area contributed by atoms with E-state index >= 15 is 0 Å². The Kier molecular flexibility index (Phi) is 2.02. The standard InChI is InChI=1S/C20H28O2/c21-6-11-12-7-2-1-3-8(7)15-16(12)17-14(11)9-4-5-10-13(9)18(17)19(15)20(10)22/h7-22H,1-6H2/t7?,8?,9?,10?,11?,12?,13?,14?,15?,16?,17?,18?,19?,20-/m1/s1. The number of aliphatic hydroxyl groups excluding tert-OH is 2. The molecule has 7 fully saturated rings. The maximum absolute atomic E-state index is 11.1. The first-order valence-corrected chi connectivity index (χ1v) is 10.1. The largest absolute Gasteiger partial charge is 0.396 e. The number of hydrogen-bond acceptors (Lipinski definition) is 2. The van der Waals surface area contributed by atoms with Gasteiger partial charge in [-0.3, -0.25) is 0 Å². The summed E-state index contributed by atoms with van der Waals surface area (Å²) in [6.07, 6.45) is 7.00. The maximum Gasteiger partial charge on any atom is 0.0605 e. The maximum atomic E-state index is 11.1. The molecular weight excluding hydrogens is 272 g/mol. The zero-order valence-electron chi connectivity index (χ0n) is 13.2. The molecule has 2 N–H and O–H groups in total. The lowest BCUT2D eigenvalue weighted by molar-refractivity contribution is 0.0456. The Bertz CT molecular complexity index is 537. The molecule has 14 atom stereocenters. The fourth-order valence-corrected chi connectivity index (χ4v) is 10.9. The van der Waals surface area contributed by atoms with Crippen LogP contribution in [-0.2, 0) is 0 Å². The second-order valence-electron chi connectivity index (χ2n) is 10.1. The number of hydrogen-bond donors (Lipinski definition) is 2. The molecule has 7 aliphatic rings. The van der Waals surface area contributed by atoms with Crippen molar-refractivity contribution in [1.29, 1.82) is 0 Å². The fraction of sp³-hybridized carbons (Fsp3) is 1.00. The molecule has 7 rings (SSSR count). The Labute approximate surface area is 132 Å². The second kappa shape index (κ2) is 3.61. The minimum absolute atomic E-state index is 0.0455. The van der Waals surface area contributed by atoms with Crippen molar-refractivity contribution >= 4 is 0 Å². The van der Waals surface area contributed by atoms with E-state index in [-0.39, 0.29) is 6.10 Å². The quantitative estimate of drug-likeness (QED) is 0.780. The summed E-state index contributed by atoms with van der Waals surface area (Å²) in [4.78, 5) is 0. The van der Waals surface area contributed by atoms with Crippen molar-refractivity contribution in [3.63, 3.8) is 0 Å². The average Bonchev–Trinajstić information content (AvgIpc) is 3.26. The summed E-state index contributed by atoms with van der Waals surface area (Å²) >= 11 is 0. The molecule has 0 saturated heterocycles. The van der Waals surface area contributed by atoms with Gasteiger partial charge >= 0.3 is 0 Å². The van der Waals surface area contributed by atoms with Crippen LogP contribution in [0, 0.1) is 76.9 Å². The highest BCUT2D eigenvalue weighted by Crippen LogP contribution is 2.82. The molecule has 0 aromatic rings. The minimum Gasteiger partial charge on any atom is -0.396 e. The first-order chi connectivity index (χ1) is 10.8. The Morgan fingerprint density at radius 2 is 1.23 bits per heavy atom. The number of rotatable bonds is 1. The molecule has 2 heteroatoms. The minimum atomic E-state index is 0.0455. The van der Waals surface area contributed by atoms with E-state index in [1.54, 1.807) is 0 Å². The Morgan fingerprint density at radius 1 is 0.591 bits per heavy atom. The predicted molar refractivity (Wildman–Crippen MR) is 81.5 cm³/mol. The van der Waals surface area contributed by atoms with Crippen molar-refractivity contribution in [2.24, 2.45) is 76.9 Å². The molecule has 120 valence electrons. The van der Waals surface area contributed by atoms with Crippen LogP contribution in [0.1, 0.15) is 32.1 Å². The van der Waals surface area contributed by atoms with Crippen LogP contribution in [-0.4, -0.2) is 22.9 Å². The van der Waals surface area contributed by atoms with Gasteiger partial charge in [0.25, 0.3) is 0 Å². The van der Waals surface area contributed by atoms with Crippen LogP contribution < -0.4 is 0 Å². The SMILES string of the molecule is OCC1C2C3CCCC3C3C2C2C1C1CCC4C1C2C3[C@@H]4O. The third-order valence-electron chi connectivity index (χ3n) is 10.5. The molecule has 22 heavy (non-hydrogen) atoms. The van der Waals surface area contributed by atoms with Gasteiger partial charge in [0, 0.05) is 6.61 Å². The molecule has 0 spiro atoms. The molecule has 0 bridgehead atoms. The van der Waals surface area contributed by atoms with Crippen LogP contribution in [0.5, 0.6) is 0 Å². The van der Waals surface area contributed by atoms with Gasteiger partial charge in [-0.05, 0) is 103 Å². The predicted octanol–water partition coefficient (Wildman–Crippen LogP) is 2.40. The molecule has 7 aliphatic carbocycles. The summed E-state index contributed by atoms with van der Waals surface area (Å²) in [5.41, 5.74) is 0. The summed E-state index contributed by atoms with van der Waals surface area (Å²) in [5, 5.41) is 21.4. The molecule has 7 saturated carbocycles. The van der Waals surface area contributed by atoms with E-state index in [9.17, 15) is 10.2 Å². The first-order valence-electron chi connectivity index (χ1n) is 10.1. The zero-order chi connectivity index (χ0) is 14.3. The van der Waals surface area contributed by atoms with Crippen molar-refractivity contribution in [2.45, 2.75) is 38.2 Å². The van der Waals surface area contributed by atoms with E-state index in [1.807, 2.05) is 0 Å². The highest BCUT2D eigenvalue weighted by Gasteiger charge is 2.80. The summed E-state index contributed by atoms with van der Waals surface area (Å²) < 4.78 is 0. The monoisotopic (exact) mass is 300 g/mol. The molecule has 2 nitrogen and oxygen atoms in total. The lowest BCUT2D eigenvalue weighted by Crippen LogP contribution is -2.30. The van der Waals surface area contributed by atoms with Crippen molar-refractivity contribution < 1.29 is 10.2 Å². The summed E-state index contributed by atoms with van der Waals surface area (Å²) in [6.45, 7) is 0.464. The first kappa shape index (κ1) is 12.3. The molecule has 0 heterocycles. The van der Waals surface area contributed by atoms with Gasteiger partial charge in [-0.1, -0.05) is 6.42 Å². The highest BCUT2D eigenvalue weighted by molar-refractivity contribution is 5.27. The van der Waals surface area contributed by atoms with E-state index in [0.29, 0.717) is 24.4 Å². The fourth-order valence-electron chi connectivity index (χ4n) is 10.9. The van der Waals surface area contributed by atoms with Gasteiger partial charge in [0.05, 0.1) is 6.10 Å². The van der Waals surface area contributed by atoms with E-state index in [2.05, 4.69) is 0 Å². The van der Waals surface area contributed by atoms with E-state index in [0.717, 1.165) is 59.2 Å². The Hall–Kier alpha value is -0.0800. The van der Waals surface area contributed by atoms with E-state index < -0.39 is 0 Å². The van der Waals surface area contributed by atoms with Crippen LogP contribution in [0.15, 0.2) is 0 Å². The Morgan fingerprint density at radius 3 is 2.05 bits per heavy atom. The van der Waals surface area contributed by atoms with Gasteiger partial charge in [0.1, 0.15) is 0 Å². The summed E-state index contributed by atoms with van der Waals surface area (Å²) in [5.74, 6) is 10.8. The number of aliphatic hydroxyl groups is 2. The van der Waals surface area contributed by atoms with Crippen molar-refractivity contribution in [3.05, 3.63) is 0 Å². The topological polar surface area (TPSA) is 40.5 Å². The smallest absolute Gasteiger partial charge is 0.0605 e. The lowest BCUT2D eigenvalue weighted by Gasteiger charge is -2.31. The lowest BCUT2D eigenvalue weighted by atomic mass is 9.75. The second-order valence-corrected chi connectivity index (χ2v) is 10.1. The van der Waals surface area contributed by atoms with Crippen LogP contribution in [0.2, 0.25) is 0 Å². The van der Waals surface area contributed by atoms with Gasteiger partial charge in [-0.2, -0.15) is 0 Å². The highest BCUT2D eigenvalue weighted by atomic mass is 16.3. The van der Waals surface area contributed by atoms with Crippen LogP contribution in [0.25, 0.3) is 0 Å². The summed E-state index contributed by atoms with van der Waals surface area (Å²) in [7, 11) is 0. The normalized spacial score (nSPS) is 75.0. The average molecular weight is 300 g/mol.